The number of methoxy groups -OCH3 is 1. The summed E-state index contributed by atoms with van der Waals surface area (Å²) in [5, 5.41) is 4.70. The van der Waals surface area contributed by atoms with Crippen LogP contribution >= 0.6 is 11.3 Å². The van der Waals surface area contributed by atoms with Crippen LogP contribution in [0.15, 0.2) is 65.0 Å². The number of benzene rings is 2. The molecule has 1 N–H and O–H groups in total. The molecule has 8 heteroatoms. The lowest BCUT2D eigenvalue weighted by Gasteiger charge is -2.29. The molecule has 0 amide bonds. The minimum atomic E-state index is -4.06. The SMILES string of the molecule is COc1ccc(C)cc1NC=C1C(=O)c2sccc2N(Cc2ccc(C)cc2)S1(=O)=O. The van der Waals surface area contributed by atoms with E-state index in [0.29, 0.717) is 22.0 Å². The fourth-order valence-corrected chi connectivity index (χ4v) is 5.88. The zero-order valence-corrected chi connectivity index (χ0v) is 19.0. The van der Waals surface area contributed by atoms with E-state index in [1.54, 1.807) is 17.5 Å². The van der Waals surface area contributed by atoms with Crippen molar-refractivity contribution in [3.8, 4) is 5.75 Å². The van der Waals surface area contributed by atoms with Gasteiger partial charge in [-0.25, -0.2) is 8.42 Å². The summed E-state index contributed by atoms with van der Waals surface area (Å²) in [4.78, 5) is 13.2. The van der Waals surface area contributed by atoms with Crippen molar-refractivity contribution >= 4 is 38.5 Å². The van der Waals surface area contributed by atoms with E-state index in [1.165, 1.54) is 29.0 Å². The number of nitrogens with zero attached hydrogens (tertiary/aromatic N) is 1. The lowest BCUT2D eigenvalue weighted by atomic mass is 10.1. The Bertz CT molecular complexity index is 1280. The van der Waals surface area contributed by atoms with Crippen LogP contribution in [-0.2, 0) is 16.6 Å². The van der Waals surface area contributed by atoms with E-state index < -0.39 is 15.8 Å². The second-order valence-electron chi connectivity index (χ2n) is 7.32. The Morgan fingerprint density at radius 3 is 2.48 bits per heavy atom. The van der Waals surface area contributed by atoms with E-state index in [2.05, 4.69) is 5.32 Å². The van der Waals surface area contributed by atoms with Gasteiger partial charge in [0.25, 0.3) is 10.0 Å². The molecule has 4 rings (SSSR count). The molecule has 2 aromatic carbocycles. The van der Waals surface area contributed by atoms with Gasteiger partial charge in [0.15, 0.2) is 4.91 Å². The highest BCUT2D eigenvalue weighted by Crippen LogP contribution is 2.39. The highest BCUT2D eigenvalue weighted by molar-refractivity contribution is 7.97. The predicted octanol–water partition coefficient (Wildman–Crippen LogP) is 4.86. The lowest BCUT2D eigenvalue weighted by molar-refractivity contribution is 0.104. The summed E-state index contributed by atoms with van der Waals surface area (Å²) in [6, 6.07) is 14.9. The molecule has 0 spiro atoms. The summed E-state index contributed by atoms with van der Waals surface area (Å²) in [6.07, 6.45) is 1.26. The quantitative estimate of drug-likeness (QED) is 0.557. The van der Waals surface area contributed by atoms with Crippen molar-refractivity contribution in [3.63, 3.8) is 0 Å². The van der Waals surface area contributed by atoms with Gasteiger partial charge in [-0.1, -0.05) is 35.9 Å². The van der Waals surface area contributed by atoms with E-state index in [9.17, 15) is 13.2 Å². The molecule has 6 nitrogen and oxygen atoms in total. The molecule has 0 fully saturated rings. The van der Waals surface area contributed by atoms with Crippen LogP contribution in [0.5, 0.6) is 5.75 Å². The molecule has 31 heavy (non-hydrogen) atoms. The number of ketones is 1. The van der Waals surface area contributed by atoms with E-state index in [4.69, 9.17) is 4.74 Å². The number of allylic oxidation sites excluding steroid dienone is 1. The van der Waals surface area contributed by atoms with Crippen molar-refractivity contribution in [1.82, 2.24) is 0 Å². The number of rotatable bonds is 5. The summed E-state index contributed by atoms with van der Waals surface area (Å²) in [7, 11) is -2.52. The van der Waals surface area contributed by atoms with Crippen molar-refractivity contribution in [2.24, 2.45) is 0 Å². The number of carbonyl (C=O) groups is 1. The molecule has 3 aromatic rings. The van der Waals surface area contributed by atoms with Crippen LogP contribution in [0.2, 0.25) is 0 Å². The average Bonchev–Trinajstić information content (AvgIpc) is 3.22. The van der Waals surface area contributed by atoms with Crippen molar-refractivity contribution < 1.29 is 17.9 Å². The van der Waals surface area contributed by atoms with Gasteiger partial charge in [-0.05, 0) is 48.6 Å². The molecule has 0 radical (unpaired) electrons. The zero-order chi connectivity index (χ0) is 22.2. The number of anilines is 2. The summed E-state index contributed by atoms with van der Waals surface area (Å²) in [5.74, 6) is 0.0423. The molecule has 2 heterocycles. The predicted molar refractivity (Wildman–Crippen MR) is 124 cm³/mol. The van der Waals surface area contributed by atoms with Crippen molar-refractivity contribution in [2.45, 2.75) is 20.4 Å². The Balaban J connectivity index is 1.75. The number of hydrogen-bond acceptors (Lipinski definition) is 6. The number of carbonyl (C=O) groups excluding carboxylic acids is 1. The maximum atomic E-state index is 13.5. The van der Waals surface area contributed by atoms with Gasteiger partial charge in [0.05, 0.1) is 25.0 Å². The molecular formula is C23H22N2O4S2. The van der Waals surface area contributed by atoms with Crippen molar-refractivity contribution in [3.05, 3.63) is 86.6 Å². The van der Waals surface area contributed by atoms with Crippen LogP contribution in [0.25, 0.3) is 0 Å². The molecule has 160 valence electrons. The third-order valence-corrected chi connectivity index (χ3v) is 7.74. The van der Waals surface area contributed by atoms with Crippen LogP contribution in [0.3, 0.4) is 0 Å². The number of nitrogens with one attached hydrogen (secondary N) is 1. The topological polar surface area (TPSA) is 75.7 Å². The summed E-state index contributed by atoms with van der Waals surface area (Å²) >= 11 is 1.24. The normalized spacial score (nSPS) is 16.3. The Labute approximate surface area is 185 Å². The molecule has 0 aliphatic carbocycles. The standard InChI is InChI=1S/C23H22N2O4S2/c1-15-4-7-17(8-5-15)14-25-19-10-11-30-23(19)22(26)21(31(25,27)28)13-24-18-12-16(2)6-9-20(18)29-3/h4-13,24H,14H2,1-3H3. The Morgan fingerprint density at radius 2 is 1.77 bits per heavy atom. The minimum absolute atomic E-state index is 0.144. The zero-order valence-electron chi connectivity index (χ0n) is 17.4. The maximum Gasteiger partial charge on any atom is 0.270 e. The maximum absolute atomic E-state index is 13.5. The molecule has 0 unspecified atom stereocenters. The van der Waals surface area contributed by atoms with Gasteiger partial charge in [0.2, 0.25) is 5.78 Å². The molecule has 1 aliphatic rings. The number of Topliss-reactive ketones (excluding diaryl/α,β-unsaturated/α-hetero) is 1. The van der Waals surface area contributed by atoms with Crippen LogP contribution < -0.4 is 14.4 Å². The largest absolute Gasteiger partial charge is 0.495 e. The number of aryl methyl sites for hydroxylation is 2. The first-order valence-electron chi connectivity index (χ1n) is 9.63. The third-order valence-electron chi connectivity index (χ3n) is 5.07. The monoisotopic (exact) mass is 454 g/mol. The first-order chi connectivity index (χ1) is 14.8. The Kier molecular flexibility index (Phi) is 5.60. The molecule has 1 aliphatic heterocycles. The first-order valence-corrected chi connectivity index (χ1v) is 11.9. The fourth-order valence-electron chi connectivity index (χ4n) is 3.39. The lowest BCUT2D eigenvalue weighted by Crippen LogP contribution is -2.38. The Morgan fingerprint density at radius 1 is 1.06 bits per heavy atom. The summed E-state index contributed by atoms with van der Waals surface area (Å²) in [6.45, 7) is 4.04. The average molecular weight is 455 g/mol. The van der Waals surface area contributed by atoms with Gasteiger partial charge in [-0.2, -0.15) is 0 Å². The van der Waals surface area contributed by atoms with Crippen molar-refractivity contribution in [1.29, 1.82) is 0 Å². The van der Waals surface area contributed by atoms with E-state index in [0.717, 1.165) is 16.7 Å². The highest BCUT2D eigenvalue weighted by atomic mass is 32.2. The molecule has 0 atom stereocenters. The highest BCUT2D eigenvalue weighted by Gasteiger charge is 2.41. The molecule has 0 saturated carbocycles. The number of sulfonamides is 1. The molecule has 0 bridgehead atoms. The smallest absolute Gasteiger partial charge is 0.270 e. The van der Waals surface area contributed by atoms with Gasteiger partial charge in [-0.15, -0.1) is 11.3 Å². The molecule has 0 saturated heterocycles. The first kappa shape index (κ1) is 21.1. The number of hydrogen-bond donors (Lipinski definition) is 1. The number of ether oxygens (including phenoxy) is 1. The van der Waals surface area contributed by atoms with Gasteiger partial charge >= 0.3 is 0 Å². The molecule has 1 aromatic heterocycles. The van der Waals surface area contributed by atoms with E-state index in [-0.39, 0.29) is 11.4 Å². The fraction of sp³-hybridized carbons (Fsp3) is 0.174. The van der Waals surface area contributed by atoms with Crippen molar-refractivity contribution in [2.75, 3.05) is 16.7 Å². The second-order valence-corrected chi connectivity index (χ2v) is 10.1. The van der Waals surface area contributed by atoms with Gasteiger partial charge < -0.3 is 10.1 Å². The summed E-state index contributed by atoms with van der Waals surface area (Å²) in [5.41, 5.74) is 3.91. The van der Waals surface area contributed by atoms with E-state index in [1.807, 2.05) is 50.2 Å². The van der Waals surface area contributed by atoms with Gasteiger partial charge in [0, 0.05) is 6.20 Å². The molecular weight excluding hydrogens is 432 g/mol. The Hall–Kier alpha value is -3.10. The third kappa shape index (κ3) is 3.96. The van der Waals surface area contributed by atoms with Gasteiger partial charge in [-0.3, -0.25) is 9.10 Å². The van der Waals surface area contributed by atoms with Gasteiger partial charge in [0.1, 0.15) is 10.6 Å². The summed E-state index contributed by atoms with van der Waals surface area (Å²) < 4.78 is 33.6. The second kappa shape index (κ2) is 8.20. The van der Waals surface area contributed by atoms with Crippen LogP contribution in [0, 0.1) is 13.8 Å². The van der Waals surface area contributed by atoms with Crippen LogP contribution in [0.4, 0.5) is 11.4 Å². The number of fused-ring (bicyclic) bond motifs is 1. The van der Waals surface area contributed by atoms with Crippen LogP contribution in [-0.4, -0.2) is 21.3 Å². The minimum Gasteiger partial charge on any atom is -0.495 e. The van der Waals surface area contributed by atoms with Crippen LogP contribution in [0.1, 0.15) is 26.4 Å². The van der Waals surface area contributed by atoms with E-state index >= 15 is 0 Å². The number of thiophene rings is 1.